The highest BCUT2D eigenvalue weighted by Gasteiger charge is 2.28. The second-order valence-corrected chi connectivity index (χ2v) is 6.54. The van der Waals surface area contributed by atoms with Crippen molar-refractivity contribution in [3.63, 3.8) is 0 Å². The number of hydrogen-bond donors (Lipinski definition) is 1. The maximum absolute atomic E-state index is 5.94. The van der Waals surface area contributed by atoms with Gasteiger partial charge in [-0.3, -0.25) is 0 Å². The molecular formula is C15H23NO2S. The van der Waals surface area contributed by atoms with E-state index in [9.17, 15) is 0 Å². The van der Waals surface area contributed by atoms with Gasteiger partial charge in [0.25, 0.3) is 0 Å². The Hall–Kier alpha value is -0.550. The first kappa shape index (κ1) is 14.9. The van der Waals surface area contributed by atoms with Crippen LogP contribution in [-0.2, 0) is 9.47 Å². The average Bonchev–Trinajstić information content (AvgIpc) is 2.38. The molecule has 1 aromatic carbocycles. The maximum atomic E-state index is 5.94. The number of morpholine rings is 1. The van der Waals surface area contributed by atoms with Gasteiger partial charge < -0.3 is 14.8 Å². The molecule has 1 saturated heterocycles. The summed E-state index contributed by atoms with van der Waals surface area (Å²) in [5, 5.41) is 3.38. The molecule has 0 radical (unpaired) electrons. The van der Waals surface area contributed by atoms with Gasteiger partial charge in [-0.05, 0) is 26.0 Å². The third kappa shape index (κ3) is 5.53. The van der Waals surface area contributed by atoms with E-state index in [-0.39, 0.29) is 11.7 Å². The van der Waals surface area contributed by atoms with Crippen LogP contribution in [0.5, 0.6) is 0 Å². The fourth-order valence-electron chi connectivity index (χ4n) is 2.11. The molecule has 1 aliphatic heterocycles. The molecule has 0 aromatic heterocycles. The Bertz CT molecular complexity index is 370. The zero-order valence-electron chi connectivity index (χ0n) is 11.7. The molecule has 106 valence electrons. The van der Waals surface area contributed by atoms with E-state index in [1.807, 2.05) is 17.8 Å². The maximum Gasteiger partial charge on any atom is 0.0940 e. The highest BCUT2D eigenvalue weighted by Crippen LogP contribution is 2.17. The Morgan fingerprint density at radius 2 is 2.16 bits per heavy atom. The minimum Gasteiger partial charge on any atom is -0.378 e. The van der Waals surface area contributed by atoms with Gasteiger partial charge in [0, 0.05) is 23.7 Å². The summed E-state index contributed by atoms with van der Waals surface area (Å²) in [6, 6.07) is 10.4. The van der Waals surface area contributed by atoms with Crippen LogP contribution in [0.4, 0.5) is 0 Å². The topological polar surface area (TPSA) is 30.5 Å². The van der Waals surface area contributed by atoms with E-state index >= 15 is 0 Å². The summed E-state index contributed by atoms with van der Waals surface area (Å²) in [6.45, 7) is 7.45. The van der Waals surface area contributed by atoms with E-state index < -0.39 is 0 Å². The van der Waals surface area contributed by atoms with Gasteiger partial charge in [0.05, 0.1) is 24.9 Å². The molecule has 1 heterocycles. The number of hydrogen-bond acceptors (Lipinski definition) is 4. The molecule has 0 amide bonds. The van der Waals surface area contributed by atoms with E-state index in [1.54, 1.807) is 0 Å². The molecule has 1 fully saturated rings. The molecule has 1 N–H and O–H groups in total. The van der Waals surface area contributed by atoms with Crippen molar-refractivity contribution in [2.24, 2.45) is 0 Å². The standard InChI is InChI=1S/C15H23NO2S/c1-15(2)12-16-10-13(18-15)11-17-8-9-19-14-6-4-3-5-7-14/h3-7,13,16H,8-12H2,1-2H3. The van der Waals surface area contributed by atoms with Crippen molar-refractivity contribution in [2.45, 2.75) is 30.4 Å². The number of benzene rings is 1. The SMILES string of the molecule is CC1(C)CNCC(COCCSc2ccccc2)O1. The Kier molecular flexibility index (Phi) is 5.70. The third-order valence-electron chi connectivity index (χ3n) is 2.95. The summed E-state index contributed by atoms with van der Waals surface area (Å²) < 4.78 is 11.6. The Morgan fingerprint density at radius 3 is 2.89 bits per heavy atom. The molecule has 1 atom stereocenters. The smallest absolute Gasteiger partial charge is 0.0940 e. The molecule has 2 rings (SSSR count). The lowest BCUT2D eigenvalue weighted by molar-refractivity contribution is -0.119. The molecule has 0 spiro atoms. The molecule has 0 saturated carbocycles. The van der Waals surface area contributed by atoms with Crippen molar-refractivity contribution in [2.75, 3.05) is 32.1 Å². The summed E-state index contributed by atoms with van der Waals surface area (Å²) in [4.78, 5) is 1.29. The molecule has 3 nitrogen and oxygen atoms in total. The second-order valence-electron chi connectivity index (χ2n) is 5.37. The molecule has 0 aliphatic carbocycles. The highest BCUT2D eigenvalue weighted by molar-refractivity contribution is 7.99. The van der Waals surface area contributed by atoms with Gasteiger partial charge in [0.15, 0.2) is 0 Å². The van der Waals surface area contributed by atoms with Gasteiger partial charge >= 0.3 is 0 Å². The molecule has 1 aromatic rings. The summed E-state index contributed by atoms with van der Waals surface area (Å²) in [6.07, 6.45) is 0.172. The zero-order chi connectivity index (χ0) is 13.6. The quantitative estimate of drug-likeness (QED) is 0.641. The first-order chi connectivity index (χ1) is 9.16. The molecular weight excluding hydrogens is 258 g/mol. The van der Waals surface area contributed by atoms with Crippen LogP contribution < -0.4 is 5.32 Å². The Labute approximate surface area is 120 Å². The van der Waals surface area contributed by atoms with Crippen LogP contribution in [0.15, 0.2) is 35.2 Å². The number of thioether (sulfide) groups is 1. The Balaban J connectivity index is 1.57. The van der Waals surface area contributed by atoms with E-state index in [0.29, 0.717) is 6.61 Å². The van der Waals surface area contributed by atoms with Crippen molar-refractivity contribution >= 4 is 11.8 Å². The van der Waals surface area contributed by atoms with Gasteiger partial charge in [-0.2, -0.15) is 0 Å². The highest BCUT2D eigenvalue weighted by atomic mass is 32.2. The van der Waals surface area contributed by atoms with Gasteiger partial charge in [-0.15, -0.1) is 11.8 Å². The van der Waals surface area contributed by atoms with Crippen molar-refractivity contribution in [1.82, 2.24) is 5.32 Å². The minimum absolute atomic E-state index is 0.0783. The normalized spacial score (nSPS) is 22.3. The van der Waals surface area contributed by atoms with Crippen molar-refractivity contribution < 1.29 is 9.47 Å². The van der Waals surface area contributed by atoms with Gasteiger partial charge in [-0.1, -0.05) is 18.2 Å². The predicted molar refractivity (Wildman–Crippen MR) is 79.8 cm³/mol. The van der Waals surface area contributed by atoms with Crippen LogP contribution in [0.3, 0.4) is 0 Å². The molecule has 1 unspecified atom stereocenters. The van der Waals surface area contributed by atoms with E-state index in [2.05, 4.69) is 43.4 Å². The fourth-order valence-corrected chi connectivity index (χ4v) is 2.90. The summed E-state index contributed by atoms with van der Waals surface area (Å²) >= 11 is 1.83. The first-order valence-corrected chi connectivity index (χ1v) is 7.78. The van der Waals surface area contributed by atoms with Crippen LogP contribution in [0.25, 0.3) is 0 Å². The van der Waals surface area contributed by atoms with E-state index in [1.165, 1.54) is 4.90 Å². The van der Waals surface area contributed by atoms with Gasteiger partial charge in [-0.25, -0.2) is 0 Å². The minimum atomic E-state index is -0.0783. The van der Waals surface area contributed by atoms with Crippen LogP contribution in [0, 0.1) is 0 Å². The molecule has 19 heavy (non-hydrogen) atoms. The number of nitrogens with one attached hydrogen (secondary N) is 1. The average molecular weight is 281 g/mol. The van der Waals surface area contributed by atoms with E-state index in [0.717, 1.165) is 25.4 Å². The molecule has 1 aliphatic rings. The largest absolute Gasteiger partial charge is 0.378 e. The van der Waals surface area contributed by atoms with Gasteiger partial charge in [0.1, 0.15) is 0 Å². The van der Waals surface area contributed by atoms with E-state index in [4.69, 9.17) is 9.47 Å². The summed E-state index contributed by atoms with van der Waals surface area (Å²) in [5.74, 6) is 0.980. The van der Waals surface area contributed by atoms with Crippen molar-refractivity contribution in [3.05, 3.63) is 30.3 Å². The number of rotatable bonds is 6. The molecule has 4 heteroatoms. The molecule has 0 bridgehead atoms. The predicted octanol–water partition coefficient (Wildman–Crippen LogP) is 2.56. The second kappa shape index (κ2) is 7.29. The van der Waals surface area contributed by atoms with Crippen molar-refractivity contribution in [3.8, 4) is 0 Å². The van der Waals surface area contributed by atoms with Crippen LogP contribution in [-0.4, -0.2) is 43.8 Å². The fraction of sp³-hybridized carbons (Fsp3) is 0.600. The van der Waals surface area contributed by atoms with Crippen LogP contribution in [0.2, 0.25) is 0 Å². The lowest BCUT2D eigenvalue weighted by atomic mass is 10.1. The first-order valence-electron chi connectivity index (χ1n) is 6.80. The number of ether oxygens (including phenoxy) is 2. The van der Waals surface area contributed by atoms with Gasteiger partial charge in [0.2, 0.25) is 0 Å². The summed E-state index contributed by atoms with van der Waals surface area (Å²) in [5.41, 5.74) is -0.0783. The Morgan fingerprint density at radius 1 is 1.37 bits per heavy atom. The lowest BCUT2D eigenvalue weighted by Gasteiger charge is -2.36. The summed E-state index contributed by atoms with van der Waals surface area (Å²) in [7, 11) is 0. The van der Waals surface area contributed by atoms with Crippen LogP contribution in [0.1, 0.15) is 13.8 Å². The van der Waals surface area contributed by atoms with Crippen molar-refractivity contribution in [1.29, 1.82) is 0 Å². The monoisotopic (exact) mass is 281 g/mol. The van der Waals surface area contributed by atoms with Crippen LogP contribution >= 0.6 is 11.8 Å². The zero-order valence-corrected chi connectivity index (χ0v) is 12.5. The lowest BCUT2D eigenvalue weighted by Crippen LogP contribution is -2.51. The third-order valence-corrected chi connectivity index (χ3v) is 3.93.